The van der Waals surface area contributed by atoms with Gasteiger partial charge in [-0.2, -0.15) is 0 Å². The minimum absolute atomic E-state index is 0.0856. The molecule has 184 valence electrons. The van der Waals surface area contributed by atoms with E-state index in [1.54, 1.807) is 16.8 Å². The van der Waals surface area contributed by atoms with E-state index >= 15 is 0 Å². The fourth-order valence-electron chi connectivity index (χ4n) is 4.77. The summed E-state index contributed by atoms with van der Waals surface area (Å²) in [6.45, 7) is 3.11. The largest absolute Gasteiger partial charge is 0.349 e. The summed E-state index contributed by atoms with van der Waals surface area (Å²) in [6, 6.07) is 23.8. The van der Waals surface area contributed by atoms with Gasteiger partial charge < -0.3 is 15.1 Å². The van der Waals surface area contributed by atoms with Crippen molar-refractivity contribution in [3.8, 4) is 0 Å². The number of quaternary nitrogens is 1. The van der Waals surface area contributed by atoms with Crippen LogP contribution in [-0.2, 0) is 11.3 Å². The number of anilines is 1. The molecule has 0 radical (unpaired) electrons. The Balaban J connectivity index is 1.23. The van der Waals surface area contributed by atoms with Crippen LogP contribution in [0.5, 0.6) is 0 Å². The van der Waals surface area contributed by atoms with Crippen LogP contribution < -0.4 is 15.1 Å². The Morgan fingerprint density at radius 2 is 1.81 bits per heavy atom. The lowest BCUT2D eigenvalue weighted by Gasteiger charge is -2.30. The number of fused-ring (bicyclic) bond motifs is 1. The van der Waals surface area contributed by atoms with Crippen LogP contribution >= 0.6 is 23.4 Å². The number of hydrogen-bond acceptors (Lipinski definition) is 3. The highest BCUT2D eigenvalue weighted by Gasteiger charge is 2.28. The van der Waals surface area contributed by atoms with Gasteiger partial charge in [-0.05, 0) is 35.9 Å². The lowest BCUT2D eigenvalue weighted by atomic mass is 10.0. The number of amides is 2. The van der Waals surface area contributed by atoms with E-state index in [1.807, 2.05) is 54.6 Å². The number of benzene rings is 3. The third kappa shape index (κ3) is 5.51. The number of rotatable bonds is 5. The van der Waals surface area contributed by atoms with Crippen LogP contribution in [0.1, 0.15) is 34.3 Å². The van der Waals surface area contributed by atoms with Gasteiger partial charge in [-0.1, -0.05) is 71.9 Å². The Labute approximate surface area is 221 Å². The summed E-state index contributed by atoms with van der Waals surface area (Å²) in [6.07, 6.45) is 3.74. The lowest BCUT2D eigenvalue weighted by Crippen LogP contribution is -3.12. The lowest BCUT2D eigenvalue weighted by molar-refractivity contribution is -0.918. The molecule has 0 aliphatic carbocycles. The molecule has 0 spiro atoms. The van der Waals surface area contributed by atoms with Crippen molar-refractivity contribution in [1.29, 1.82) is 0 Å². The molecule has 2 aliphatic rings. The van der Waals surface area contributed by atoms with Crippen molar-refractivity contribution in [2.24, 2.45) is 0 Å². The highest BCUT2D eigenvalue weighted by Crippen LogP contribution is 2.42. The van der Waals surface area contributed by atoms with Gasteiger partial charge in [0.05, 0.1) is 23.7 Å². The van der Waals surface area contributed by atoms with E-state index in [-0.39, 0.29) is 17.9 Å². The maximum absolute atomic E-state index is 13.1. The molecule has 2 aliphatic heterocycles. The third-order valence-corrected chi connectivity index (χ3v) is 8.26. The normalized spacial score (nSPS) is 20.8. The third-order valence-electron chi connectivity index (χ3n) is 6.83. The van der Waals surface area contributed by atoms with Gasteiger partial charge in [0.25, 0.3) is 11.8 Å². The summed E-state index contributed by atoms with van der Waals surface area (Å²) in [5.41, 5.74) is 3.48. The van der Waals surface area contributed by atoms with Gasteiger partial charge in [-0.3, -0.25) is 9.59 Å². The molecule has 5 rings (SSSR count). The van der Waals surface area contributed by atoms with Crippen molar-refractivity contribution in [1.82, 2.24) is 5.32 Å². The first-order chi connectivity index (χ1) is 17.5. The molecule has 0 unspecified atom stereocenters. The predicted molar refractivity (Wildman–Crippen MR) is 146 cm³/mol. The van der Waals surface area contributed by atoms with Gasteiger partial charge in [0.15, 0.2) is 0 Å². The summed E-state index contributed by atoms with van der Waals surface area (Å²) in [4.78, 5) is 30.8. The van der Waals surface area contributed by atoms with Crippen LogP contribution in [0.25, 0.3) is 6.08 Å². The van der Waals surface area contributed by atoms with Crippen LogP contribution in [0.3, 0.4) is 0 Å². The molecule has 36 heavy (non-hydrogen) atoms. The summed E-state index contributed by atoms with van der Waals surface area (Å²) >= 11 is 7.69. The Morgan fingerprint density at radius 1 is 1.08 bits per heavy atom. The molecule has 5 nitrogen and oxygen atoms in total. The number of halogens is 1. The SMILES string of the molecule is CN1C(=O)C(=Cc2ccccc2Cl)Sc2ccc(C(=O)NC3CC[NH+](Cc4ccccc4)CC3)cc21. The van der Waals surface area contributed by atoms with E-state index in [4.69, 9.17) is 11.6 Å². The molecule has 2 N–H and O–H groups in total. The summed E-state index contributed by atoms with van der Waals surface area (Å²) in [7, 11) is 1.74. The van der Waals surface area contributed by atoms with Crippen LogP contribution in [0.15, 0.2) is 82.6 Å². The fourth-order valence-corrected chi connectivity index (χ4v) is 6.04. The van der Waals surface area contributed by atoms with Crippen LogP contribution in [-0.4, -0.2) is 38.0 Å². The molecule has 0 saturated carbocycles. The number of piperidine rings is 1. The zero-order valence-electron chi connectivity index (χ0n) is 20.2. The number of carbonyl (C=O) groups is 2. The quantitative estimate of drug-likeness (QED) is 0.491. The van der Waals surface area contributed by atoms with Gasteiger partial charge in [0.2, 0.25) is 0 Å². The monoisotopic (exact) mass is 518 g/mol. The molecule has 3 aromatic carbocycles. The average Bonchev–Trinajstić information content (AvgIpc) is 2.90. The van der Waals surface area contributed by atoms with Crippen molar-refractivity contribution >= 4 is 46.9 Å². The predicted octanol–water partition coefficient (Wildman–Crippen LogP) is 4.43. The standard InChI is InChI=1S/C29H28ClN3O2S/c1-32-25-17-22(11-12-26(25)36-27(29(32)35)18-21-9-5-6-10-24(21)30)28(34)31-23-13-15-33(16-14-23)19-20-7-3-2-4-8-20/h2-12,17-18,23H,13-16,19H2,1H3,(H,31,34)/p+1. The summed E-state index contributed by atoms with van der Waals surface area (Å²) in [5, 5.41) is 3.81. The molecule has 2 heterocycles. The zero-order chi connectivity index (χ0) is 25.1. The number of likely N-dealkylation sites (tertiary alicyclic amines) is 1. The first kappa shape index (κ1) is 24.6. The second-order valence-corrected chi connectivity index (χ2v) is 10.8. The number of nitrogens with zero attached hydrogens (tertiary/aromatic N) is 1. The van der Waals surface area contributed by atoms with E-state index in [9.17, 15) is 9.59 Å². The zero-order valence-corrected chi connectivity index (χ0v) is 21.7. The molecule has 0 aromatic heterocycles. The molecule has 1 saturated heterocycles. The molecule has 0 bridgehead atoms. The summed E-state index contributed by atoms with van der Waals surface area (Å²) < 4.78 is 0. The molecule has 3 aromatic rings. The molecular weight excluding hydrogens is 490 g/mol. The number of nitrogens with one attached hydrogen (secondary N) is 2. The van der Waals surface area contributed by atoms with E-state index in [1.165, 1.54) is 17.3 Å². The molecule has 0 atom stereocenters. The highest BCUT2D eigenvalue weighted by atomic mass is 35.5. The molecule has 1 fully saturated rings. The minimum Gasteiger partial charge on any atom is -0.349 e. The van der Waals surface area contributed by atoms with Gasteiger partial charge >= 0.3 is 0 Å². The fraction of sp³-hybridized carbons (Fsp3) is 0.241. The van der Waals surface area contributed by atoms with E-state index in [0.29, 0.717) is 15.5 Å². The maximum atomic E-state index is 13.1. The van der Waals surface area contributed by atoms with Crippen molar-refractivity contribution < 1.29 is 14.5 Å². The van der Waals surface area contributed by atoms with Gasteiger partial charge in [0, 0.05) is 47.0 Å². The van der Waals surface area contributed by atoms with Crippen molar-refractivity contribution in [3.05, 3.63) is 99.4 Å². The Bertz CT molecular complexity index is 1300. The van der Waals surface area contributed by atoms with Crippen molar-refractivity contribution in [2.75, 3.05) is 25.0 Å². The Hall–Kier alpha value is -3.06. The number of hydrogen-bond donors (Lipinski definition) is 2. The van der Waals surface area contributed by atoms with E-state index < -0.39 is 0 Å². The van der Waals surface area contributed by atoms with Crippen LogP contribution in [0.2, 0.25) is 5.02 Å². The Kier molecular flexibility index (Phi) is 7.46. The average molecular weight is 519 g/mol. The summed E-state index contributed by atoms with van der Waals surface area (Å²) in [5.74, 6) is -0.198. The van der Waals surface area contributed by atoms with Crippen LogP contribution in [0.4, 0.5) is 5.69 Å². The number of thioether (sulfide) groups is 1. The number of likely N-dealkylation sites (N-methyl/N-ethyl adjacent to an activating group) is 1. The smallest absolute Gasteiger partial charge is 0.264 e. The number of carbonyl (C=O) groups excluding carboxylic acids is 2. The van der Waals surface area contributed by atoms with Crippen LogP contribution in [0, 0.1) is 0 Å². The molecule has 2 amide bonds. The highest BCUT2D eigenvalue weighted by molar-refractivity contribution is 8.04. The van der Waals surface area contributed by atoms with Crippen molar-refractivity contribution in [3.63, 3.8) is 0 Å². The minimum atomic E-state index is -0.112. The van der Waals surface area contributed by atoms with E-state index in [2.05, 4.69) is 29.6 Å². The first-order valence-corrected chi connectivity index (χ1v) is 13.4. The van der Waals surface area contributed by atoms with Crippen molar-refractivity contribution in [2.45, 2.75) is 30.3 Å². The molecule has 7 heteroatoms. The van der Waals surface area contributed by atoms with E-state index in [0.717, 1.165) is 48.6 Å². The second-order valence-electron chi connectivity index (χ2n) is 9.34. The van der Waals surface area contributed by atoms with Gasteiger partial charge in [0.1, 0.15) is 6.54 Å². The maximum Gasteiger partial charge on any atom is 0.264 e. The topological polar surface area (TPSA) is 53.9 Å². The first-order valence-electron chi connectivity index (χ1n) is 12.2. The molecular formula is C29H29ClN3O2S+. The van der Waals surface area contributed by atoms with Gasteiger partial charge in [-0.15, -0.1) is 0 Å². The second kappa shape index (κ2) is 10.9. The Morgan fingerprint density at radius 3 is 2.56 bits per heavy atom. The van der Waals surface area contributed by atoms with Gasteiger partial charge in [-0.25, -0.2) is 0 Å².